The van der Waals surface area contributed by atoms with Gasteiger partial charge >= 0.3 is 0 Å². The molecule has 0 nitrogen and oxygen atoms in total. The molecule has 0 aliphatic rings. The zero-order valence-corrected chi connectivity index (χ0v) is 10.2. The summed E-state index contributed by atoms with van der Waals surface area (Å²) in [4.78, 5) is 0. The van der Waals surface area contributed by atoms with Crippen LogP contribution in [0.15, 0.2) is 0 Å². The van der Waals surface area contributed by atoms with E-state index in [0.717, 1.165) is 18.3 Å². The molecule has 0 aromatic heterocycles. The van der Waals surface area contributed by atoms with Gasteiger partial charge in [-0.05, 0) is 18.3 Å². The molecule has 2 unspecified atom stereocenters. The number of hydrogen-bond acceptors (Lipinski definition) is 0. The van der Waals surface area contributed by atoms with Crippen LogP contribution in [0.3, 0.4) is 0 Å². The van der Waals surface area contributed by atoms with Gasteiger partial charge in [0.1, 0.15) is 0 Å². The molecule has 0 fully saturated rings. The summed E-state index contributed by atoms with van der Waals surface area (Å²) in [5, 5.41) is 0. The van der Waals surface area contributed by atoms with E-state index in [1.807, 2.05) is 0 Å². The Balaban J connectivity index is 3.85. The van der Waals surface area contributed by atoms with Crippen molar-refractivity contribution >= 4 is 0 Å². The quantitative estimate of drug-likeness (QED) is 0.494. The van der Waals surface area contributed by atoms with Crippen molar-refractivity contribution in [2.45, 2.75) is 65.7 Å². The Bertz CT molecular complexity index is 152. The highest BCUT2D eigenvalue weighted by Crippen LogP contribution is 2.25. The molecule has 0 aromatic rings. The zero-order valence-electron chi connectivity index (χ0n) is 10.2. The molecule has 0 aliphatic heterocycles. The van der Waals surface area contributed by atoms with E-state index >= 15 is 0 Å². The van der Waals surface area contributed by atoms with Crippen LogP contribution in [0.2, 0.25) is 0 Å². The molecule has 0 aliphatic carbocycles. The van der Waals surface area contributed by atoms with Gasteiger partial charge in [-0.1, -0.05) is 52.9 Å². The topological polar surface area (TPSA) is 0 Å². The molecule has 0 saturated heterocycles. The maximum atomic E-state index is 5.42. The first-order valence-corrected chi connectivity index (χ1v) is 6.19. The molecule has 0 N–H and O–H groups in total. The van der Waals surface area contributed by atoms with Crippen molar-refractivity contribution in [3.8, 4) is 12.3 Å². The fourth-order valence-corrected chi connectivity index (χ4v) is 1.97. The lowest BCUT2D eigenvalue weighted by Gasteiger charge is -2.21. The second-order valence-corrected chi connectivity index (χ2v) is 4.43. The summed E-state index contributed by atoms with van der Waals surface area (Å²) in [5.74, 6) is 4.42. The second kappa shape index (κ2) is 9.13. The fourth-order valence-electron chi connectivity index (χ4n) is 1.97. The van der Waals surface area contributed by atoms with Gasteiger partial charge in [-0.15, -0.1) is 12.3 Å². The average Bonchev–Trinajstić information content (AvgIpc) is 2.20. The van der Waals surface area contributed by atoms with Crippen molar-refractivity contribution in [1.29, 1.82) is 0 Å². The van der Waals surface area contributed by atoms with E-state index in [1.54, 1.807) is 0 Å². The van der Waals surface area contributed by atoms with Crippen LogP contribution in [0, 0.1) is 24.2 Å². The normalized spacial score (nSPS) is 14.7. The molecule has 0 spiro atoms. The van der Waals surface area contributed by atoms with Crippen molar-refractivity contribution in [3.05, 3.63) is 0 Å². The summed E-state index contributed by atoms with van der Waals surface area (Å²) in [6, 6.07) is 0. The highest BCUT2D eigenvalue weighted by molar-refractivity contribution is 4.88. The number of hydrogen-bond donors (Lipinski definition) is 0. The van der Waals surface area contributed by atoms with Gasteiger partial charge in [0.25, 0.3) is 0 Å². The van der Waals surface area contributed by atoms with Crippen molar-refractivity contribution in [2.75, 3.05) is 0 Å². The van der Waals surface area contributed by atoms with E-state index < -0.39 is 0 Å². The summed E-state index contributed by atoms with van der Waals surface area (Å²) in [6.45, 7) is 6.88. The first-order valence-electron chi connectivity index (χ1n) is 6.19. The van der Waals surface area contributed by atoms with Gasteiger partial charge in [-0.25, -0.2) is 0 Å². The average molecular weight is 194 g/mol. The summed E-state index contributed by atoms with van der Waals surface area (Å²) < 4.78 is 0. The third-order valence-corrected chi connectivity index (χ3v) is 3.13. The second-order valence-electron chi connectivity index (χ2n) is 4.43. The Hall–Kier alpha value is -0.440. The minimum absolute atomic E-state index is 0.770. The van der Waals surface area contributed by atoms with Crippen LogP contribution < -0.4 is 0 Å². The van der Waals surface area contributed by atoms with E-state index in [1.165, 1.54) is 38.5 Å². The molecule has 0 radical (unpaired) electrons. The highest BCUT2D eigenvalue weighted by Gasteiger charge is 2.14. The first-order chi connectivity index (χ1) is 6.76. The fraction of sp³-hybridized carbons (Fsp3) is 0.857. The maximum Gasteiger partial charge on any atom is 0.0117 e. The molecule has 0 rings (SSSR count). The minimum atomic E-state index is 0.770. The Labute approximate surface area is 90.5 Å². The lowest BCUT2D eigenvalue weighted by Crippen LogP contribution is -2.11. The van der Waals surface area contributed by atoms with Gasteiger partial charge in [-0.2, -0.15) is 0 Å². The van der Waals surface area contributed by atoms with Crippen molar-refractivity contribution < 1.29 is 0 Å². The van der Waals surface area contributed by atoms with Crippen molar-refractivity contribution in [2.24, 2.45) is 11.8 Å². The SMILES string of the molecule is C#CCC(CCCC)C(C)CCCC. The van der Waals surface area contributed by atoms with Crippen LogP contribution >= 0.6 is 0 Å². The molecule has 0 heterocycles. The van der Waals surface area contributed by atoms with Crippen LogP contribution in [-0.2, 0) is 0 Å². The molecule has 2 atom stereocenters. The van der Waals surface area contributed by atoms with Gasteiger partial charge in [0.2, 0.25) is 0 Å². The lowest BCUT2D eigenvalue weighted by atomic mass is 9.84. The molecular weight excluding hydrogens is 168 g/mol. The number of rotatable bonds is 8. The predicted molar refractivity (Wildman–Crippen MR) is 65.2 cm³/mol. The molecular formula is C14H26. The monoisotopic (exact) mass is 194 g/mol. The molecule has 0 bridgehead atoms. The van der Waals surface area contributed by atoms with Gasteiger partial charge in [0.15, 0.2) is 0 Å². The van der Waals surface area contributed by atoms with Crippen LogP contribution in [-0.4, -0.2) is 0 Å². The van der Waals surface area contributed by atoms with E-state index in [2.05, 4.69) is 26.7 Å². The molecule has 0 saturated carbocycles. The van der Waals surface area contributed by atoms with Crippen molar-refractivity contribution in [3.63, 3.8) is 0 Å². The standard InChI is InChI=1S/C14H26/c1-5-8-11-13(4)14(10-7-3)12-9-6-2/h3,13-14H,5-6,8-12H2,1-2,4H3. The summed E-state index contributed by atoms with van der Waals surface area (Å²) in [5.41, 5.74) is 0. The number of terminal acetylenes is 1. The van der Waals surface area contributed by atoms with E-state index in [9.17, 15) is 0 Å². The Morgan fingerprint density at radius 3 is 2.14 bits per heavy atom. The summed E-state index contributed by atoms with van der Waals surface area (Å²) in [6.07, 6.45) is 14.4. The molecule has 0 aromatic carbocycles. The van der Waals surface area contributed by atoms with Crippen LogP contribution in [0.25, 0.3) is 0 Å². The highest BCUT2D eigenvalue weighted by atomic mass is 14.2. The summed E-state index contributed by atoms with van der Waals surface area (Å²) >= 11 is 0. The zero-order chi connectivity index (χ0) is 10.8. The molecule has 0 heteroatoms. The van der Waals surface area contributed by atoms with E-state index in [4.69, 9.17) is 6.42 Å². The molecule has 82 valence electrons. The molecule has 14 heavy (non-hydrogen) atoms. The van der Waals surface area contributed by atoms with Gasteiger partial charge in [0, 0.05) is 6.42 Å². The predicted octanol–water partition coefficient (Wildman–Crippen LogP) is 4.64. The summed E-state index contributed by atoms with van der Waals surface area (Å²) in [7, 11) is 0. The van der Waals surface area contributed by atoms with Gasteiger partial charge in [0.05, 0.1) is 0 Å². The number of unbranched alkanes of at least 4 members (excludes halogenated alkanes) is 2. The van der Waals surface area contributed by atoms with Crippen LogP contribution in [0.5, 0.6) is 0 Å². The maximum absolute atomic E-state index is 5.42. The molecule has 0 amide bonds. The van der Waals surface area contributed by atoms with Crippen LogP contribution in [0.1, 0.15) is 65.7 Å². The first kappa shape index (κ1) is 13.6. The van der Waals surface area contributed by atoms with E-state index in [0.29, 0.717) is 0 Å². The van der Waals surface area contributed by atoms with Gasteiger partial charge < -0.3 is 0 Å². The smallest absolute Gasteiger partial charge is 0.0117 e. The third-order valence-electron chi connectivity index (χ3n) is 3.13. The third kappa shape index (κ3) is 6.08. The van der Waals surface area contributed by atoms with Crippen LogP contribution in [0.4, 0.5) is 0 Å². The minimum Gasteiger partial charge on any atom is -0.120 e. The largest absolute Gasteiger partial charge is 0.120 e. The van der Waals surface area contributed by atoms with Gasteiger partial charge in [-0.3, -0.25) is 0 Å². The Kier molecular flexibility index (Phi) is 8.84. The lowest BCUT2D eigenvalue weighted by molar-refractivity contribution is 0.310. The van der Waals surface area contributed by atoms with Crippen molar-refractivity contribution in [1.82, 2.24) is 0 Å². The van der Waals surface area contributed by atoms with E-state index in [-0.39, 0.29) is 0 Å². The Morgan fingerprint density at radius 1 is 1.07 bits per heavy atom. The Morgan fingerprint density at radius 2 is 1.64 bits per heavy atom.